The van der Waals surface area contributed by atoms with E-state index in [1.807, 2.05) is 6.07 Å². The van der Waals surface area contributed by atoms with Crippen LogP contribution < -0.4 is 4.74 Å². The summed E-state index contributed by atoms with van der Waals surface area (Å²) in [5.74, 6) is 0.133. The molecule has 0 spiro atoms. The van der Waals surface area contributed by atoms with Crippen molar-refractivity contribution in [3.05, 3.63) is 45.2 Å². The van der Waals surface area contributed by atoms with E-state index in [1.165, 1.54) is 14.0 Å². The smallest absolute Gasteiger partial charge is 0.436 e. The van der Waals surface area contributed by atoms with Crippen molar-refractivity contribution in [1.82, 2.24) is 14.7 Å². The first-order valence-corrected chi connectivity index (χ1v) is 10.3. The highest BCUT2D eigenvalue weighted by Gasteiger charge is 2.40. The minimum atomic E-state index is -4.69. The fourth-order valence-electron chi connectivity index (χ4n) is 3.80. The number of carbonyl (C=O) groups is 1. The Morgan fingerprint density at radius 2 is 1.94 bits per heavy atom. The van der Waals surface area contributed by atoms with Crippen LogP contribution in [0.5, 0.6) is 5.75 Å². The first kappa shape index (κ1) is 23.7. The van der Waals surface area contributed by atoms with Crippen LogP contribution in [0.25, 0.3) is 0 Å². The summed E-state index contributed by atoms with van der Waals surface area (Å²) >= 11 is 11.8. The molecule has 0 saturated carbocycles. The van der Waals surface area contributed by atoms with Crippen LogP contribution in [0.3, 0.4) is 0 Å². The molecular formula is C20H22Cl2F3N3O3. The lowest BCUT2D eigenvalue weighted by atomic mass is 9.73. The molecule has 1 amide bonds. The van der Waals surface area contributed by atoms with E-state index in [0.717, 1.165) is 10.2 Å². The Morgan fingerprint density at radius 1 is 1.29 bits per heavy atom. The number of alkyl halides is 3. The van der Waals surface area contributed by atoms with Crippen molar-refractivity contribution in [1.29, 1.82) is 0 Å². The Bertz CT molecular complexity index is 971. The third-order valence-corrected chi connectivity index (χ3v) is 6.59. The molecule has 11 heteroatoms. The summed E-state index contributed by atoms with van der Waals surface area (Å²) in [6, 6.07) is 5.31. The average Bonchev–Trinajstić information content (AvgIpc) is 3.02. The molecule has 6 nitrogen and oxygen atoms in total. The Balaban J connectivity index is 1.72. The predicted molar refractivity (Wildman–Crippen MR) is 110 cm³/mol. The number of ether oxygens (including phenoxy) is 1. The van der Waals surface area contributed by atoms with Crippen LogP contribution in [0.2, 0.25) is 10.0 Å². The van der Waals surface area contributed by atoms with Gasteiger partial charge in [0.25, 0.3) is 0 Å². The molecule has 0 radical (unpaired) electrons. The number of hydrogen-bond acceptors (Lipinski definition) is 4. The van der Waals surface area contributed by atoms with Crippen LogP contribution in [0, 0.1) is 6.92 Å². The predicted octanol–water partition coefficient (Wildman–Crippen LogP) is 4.08. The summed E-state index contributed by atoms with van der Waals surface area (Å²) in [6.45, 7) is 1.60. The van der Waals surface area contributed by atoms with Gasteiger partial charge in [-0.05, 0) is 37.5 Å². The number of carbonyl (C=O) groups excluding carboxylic acids is 1. The zero-order valence-corrected chi connectivity index (χ0v) is 18.5. The molecular weight excluding hydrogens is 458 g/mol. The van der Waals surface area contributed by atoms with E-state index in [4.69, 9.17) is 27.9 Å². The lowest BCUT2D eigenvalue weighted by Crippen LogP contribution is -2.47. The van der Waals surface area contributed by atoms with E-state index in [1.54, 1.807) is 17.0 Å². The fourth-order valence-corrected chi connectivity index (χ4v) is 4.24. The maximum Gasteiger partial charge on any atom is 0.436 e. The lowest BCUT2D eigenvalue weighted by Gasteiger charge is -2.41. The first-order chi connectivity index (χ1) is 14.5. The second-order valence-corrected chi connectivity index (χ2v) is 8.36. The Hall–Kier alpha value is -1.97. The summed E-state index contributed by atoms with van der Waals surface area (Å²) in [4.78, 5) is 14.3. The Morgan fingerprint density at radius 3 is 2.45 bits per heavy atom. The van der Waals surface area contributed by atoms with Gasteiger partial charge in [0.15, 0.2) is 5.69 Å². The molecule has 0 unspecified atom stereocenters. The molecule has 170 valence electrons. The van der Waals surface area contributed by atoms with Gasteiger partial charge < -0.3 is 14.7 Å². The quantitative estimate of drug-likeness (QED) is 0.701. The number of methoxy groups -OCH3 is 1. The summed E-state index contributed by atoms with van der Waals surface area (Å²) in [7, 11) is 1.51. The van der Waals surface area contributed by atoms with Gasteiger partial charge in [-0.2, -0.15) is 18.3 Å². The van der Waals surface area contributed by atoms with Crippen molar-refractivity contribution in [3.8, 4) is 5.75 Å². The maximum absolute atomic E-state index is 13.0. The van der Waals surface area contributed by atoms with Crippen molar-refractivity contribution in [2.24, 2.45) is 0 Å². The van der Waals surface area contributed by atoms with Gasteiger partial charge in [-0.3, -0.25) is 9.48 Å². The molecule has 1 saturated heterocycles. The van der Waals surface area contributed by atoms with E-state index in [9.17, 15) is 23.1 Å². The molecule has 1 aliphatic rings. The SMILES string of the molecule is COc1cc(C2(CO)CCN(C(=O)Cn3nc(C(F)(F)F)c(Cl)c3C)CC2)ccc1Cl. The van der Waals surface area contributed by atoms with Crippen molar-refractivity contribution < 1.29 is 27.8 Å². The topological polar surface area (TPSA) is 67.6 Å². The number of aliphatic hydroxyl groups excluding tert-OH is 1. The van der Waals surface area contributed by atoms with E-state index < -0.39 is 22.3 Å². The first-order valence-electron chi connectivity index (χ1n) is 9.55. The van der Waals surface area contributed by atoms with Gasteiger partial charge in [0.2, 0.25) is 5.91 Å². The molecule has 1 N–H and O–H groups in total. The third-order valence-electron chi connectivity index (χ3n) is 5.83. The summed E-state index contributed by atoms with van der Waals surface area (Å²) < 4.78 is 45.2. The number of benzene rings is 1. The molecule has 1 aliphatic heterocycles. The minimum absolute atomic E-state index is 0.0808. The van der Waals surface area contributed by atoms with Crippen molar-refractivity contribution in [2.45, 2.75) is 37.9 Å². The monoisotopic (exact) mass is 479 g/mol. The summed E-state index contributed by atoms with van der Waals surface area (Å²) in [5.41, 5.74) is -0.831. The molecule has 3 rings (SSSR count). The Labute approximate surface area is 187 Å². The number of amides is 1. The van der Waals surface area contributed by atoms with Gasteiger partial charge in [0.05, 0.1) is 29.5 Å². The van der Waals surface area contributed by atoms with Gasteiger partial charge in [0, 0.05) is 18.5 Å². The number of hydrogen-bond donors (Lipinski definition) is 1. The molecule has 2 heterocycles. The molecule has 2 aromatic rings. The highest BCUT2D eigenvalue weighted by atomic mass is 35.5. The second kappa shape index (κ2) is 8.88. The lowest BCUT2D eigenvalue weighted by molar-refractivity contribution is -0.142. The molecule has 1 fully saturated rings. The number of aromatic nitrogens is 2. The molecule has 31 heavy (non-hydrogen) atoms. The van der Waals surface area contributed by atoms with Crippen molar-refractivity contribution >= 4 is 29.1 Å². The number of piperidine rings is 1. The fraction of sp³-hybridized carbons (Fsp3) is 0.500. The van der Waals surface area contributed by atoms with Crippen molar-refractivity contribution in [2.75, 3.05) is 26.8 Å². The van der Waals surface area contributed by atoms with E-state index >= 15 is 0 Å². The normalized spacial score (nSPS) is 16.5. The van der Waals surface area contributed by atoms with Gasteiger partial charge in [-0.25, -0.2) is 0 Å². The number of rotatable bonds is 5. The number of likely N-dealkylation sites (tertiary alicyclic amines) is 1. The zero-order chi connectivity index (χ0) is 23.0. The molecule has 0 aliphatic carbocycles. The van der Waals surface area contributed by atoms with Gasteiger partial charge in [-0.15, -0.1) is 0 Å². The highest BCUT2D eigenvalue weighted by Crippen LogP contribution is 2.39. The van der Waals surface area contributed by atoms with E-state index in [-0.39, 0.29) is 24.8 Å². The largest absolute Gasteiger partial charge is 0.495 e. The van der Waals surface area contributed by atoms with Crippen LogP contribution in [0.1, 0.15) is 29.8 Å². The minimum Gasteiger partial charge on any atom is -0.495 e. The molecule has 0 bridgehead atoms. The molecule has 0 atom stereocenters. The van der Waals surface area contributed by atoms with Crippen LogP contribution >= 0.6 is 23.2 Å². The molecule has 1 aromatic carbocycles. The van der Waals surface area contributed by atoms with Crippen molar-refractivity contribution in [3.63, 3.8) is 0 Å². The van der Waals surface area contributed by atoms with E-state index in [0.29, 0.717) is 36.7 Å². The van der Waals surface area contributed by atoms with Crippen LogP contribution in [0.15, 0.2) is 18.2 Å². The number of nitrogens with zero attached hydrogens (tertiary/aromatic N) is 3. The highest BCUT2D eigenvalue weighted by molar-refractivity contribution is 6.32. The summed E-state index contributed by atoms with van der Waals surface area (Å²) in [6.07, 6.45) is -3.74. The zero-order valence-electron chi connectivity index (χ0n) is 17.0. The maximum atomic E-state index is 13.0. The van der Waals surface area contributed by atoms with E-state index in [2.05, 4.69) is 5.10 Å². The van der Waals surface area contributed by atoms with Gasteiger partial charge in [0.1, 0.15) is 12.3 Å². The standard InChI is InChI=1S/C20H22Cl2F3N3O3/c1-12-17(22)18(20(23,24)25)26-28(12)10-16(30)27-7-5-19(11-29,6-8-27)13-3-4-14(21)15(9-13)31-2/h3-4,9,29H,5-8,10-11H2,1-2H3. The average molecular weight is 480 g/mol. The van der Waals surface area contributed by atoms with Crippen LogP contribution in [0.4, 0.5) is 13.2 Å². The molecule has 1 aromatic heterocycles. The van der Waals surface area contributed by atoms with Gasteiger partial charge in [-0.1, -0.05) is 29.3 Å². The number of halogens is 5. The second-order valence-electron chi connectivity index (χ2n) is 7.57. The Kier molecular flexibility index (Phi) is 6.78. The van der Waals surface area contributed by atoms with Gasteiger partial charge >= 0.3 is 6.18 Å². The number of aliphatic hydroxyl groups is 1. The summed E-state index contributed by atoms with van der Waals surface area (Å²) in [5, 5.41) is 13.6. The van der Waals surface area contributed by atoms with Crippen LogP contribution in [-0.4, -0.2) is 52.5 Å². The van der Waals surface area contributed by atoms with Crippen LogP contribution in [-0.2, 0) is 22.9 Å². The third kappa shape index (κ3) is 4.63.